The SMILES string of the molecule is CCC(O)CSc1nnc(CN)n1Cc1ccccc1. The van der Waals surface area contributed by atoms with E-state index in [4.69, 9.17) is 5.73 Å². The highest BCUT2D eigenvalue weighted by molar-refractivity contribution is 7.99. The maximum Gasteiger partial charge on any atom is 0.191 e. The number of hydrogen-bond acceptors (Lipinski definition) is 5. The molecule has 2 rings (SSSR count). The van der Waals surface area contributed by atoms with Crippen LogP contribution in [0.5, 0.6) is 0 Å². The third-order valence-corrected chi connectivity index (χ3v) is 4.15. The highest BCUT2D eigenvalue weighted by atomic mass is 32.2. The van der Waals surface area contributed by atoms with Crippen molar-refractivity contribution in [3.05, 3.63) is 41.7 Å². The molecule has 0 aliphatic heterocycles. The van der Waals surface area contributed by atoms with Gasteiger partial charge in [-0.25, -0.2) is 0 Å². The fourth-order valence-electron chi connectivity index (χ4n) is 1.79. The molecule has 3 N–H and O–H groups in total. The van der Waals surface area contributed by atoms with Gasteiger partial charge in [0.05, 0.1) is 19.2 Å². The standard InChI is InChI=1S/C14H20N4OS/c1-2-12(19)10-20-14-17-16-13(8-15)18(14)9-11-6-4-3-5-7-11/h3-7,12,19H,2,8-10,15H2,1H3. The Hall–Kier alpha value is -1.37. The second kappa shape index (κ2) is 7.42. The summed E-state index contributed by atoms with van der Waals surface area (Å²) in [5.41, 5.74) is 6.90. The molecule has 1 heterocycles. The Labute approximate surface area is 123 Å². The molecule has 108 valence electrons. The van der Waals surface area contributed by atoms with Crippen LogP contribution in [0, 0.1) is 0 Å². The summed E-state index contributed by atoms with van der Waals surface area (Å²) in [6.45, 7) is 3.02. The Morgan fingerprint density at radius 1 is 1.30 bits per heavy atom. The summed E-state index contributed by atoms with van der Waals surface area (Å²) >= 11 is 1.52. The van der Waals surface area contributed by atoms with Crippen molar-refractivity contribution < 1.29 is 5.11 Å². The van der Waals surface area contributed by atoms with Crippen LogP contribution in [0.25, 0.3) is 0 Å². The summed E-state index contributed by atoms with van der Waals surface area (Å²) in [6.07, 6.45) is 0.423. The fourth-order valence-corrected chi connectivity index (χ4v) is 2.79. The van der Waals surface area contributed by atoms with E-state index in [0.717, 1.165) is 17.4 Å². The predicted molar refractivity (Wildman–Crippen MR) is 80.5 cm³/mol. The van der Waals surface area contributed by atoms with Crippen LogP contribution in [-0.2, 0) is 13.1 Å². The smallest absolute Gasteiger partial charge is 0.191 e. The van der Waals surface area contributed by atoms with E-state index in [0.29, 0.717) is 18.8 Å². The Balaban J connectivity index is 2.14. The Bertz CT molecular complexity index is 529. The molecule has 0 bridgehead atoms. The van der Waals surface area contributed by atoms with Crippen LogP contribution in [0.2, 0.25) is 0 Å². The van der Waals surface area contributed by atoms with Crippen molar-refractivity contribution in [2.45, 2.75) is 37.7 Å². The summed E-state index contributed by atoms with van der Waals surface area (Å²) < 4.78 is 2.02. The molecule has 6 heteroatoms. The van der Waals surface area contributed by atoms with E-state index < -0.39 is 0 Å². The van der Waals surface area contributed by atoms with Gasteiger partial charge in [-0.15, -0.1) is 10.2 Å². The minimum absolute atomic E-state index is 0.316. The number of nitrogens with two attached hydrogens (primary N) is 1. The predicted octanol–water partition coefficient (Wildman–Crippen LogP) is 1.65. The van der Waals surface area contributed by atoms with Gasteiger partial charge >= 0.3 is 0 Å². The number of nitrogens with zero attached hydrogens (tertiary/aromatic N) is 3. The molecule has 0 saturated heterocycles. The van der Waals surface area contributed by atoms with Crippen molar-refractivity contribution in [1.82, 2.24) is 14.8 Å². The van der Waals surface area contributed by atoms with Gasteiger partial charge in [0, 0.05) is 5.75 Å². The molecule has 1 aromatic heterocycles. The number of aliphatic hydroxyl groups excluding tert-OH is 1. The van der Waals surface area contributed by atoms with Gasteiger partial charge in [-0.3, -0.25) is 0 Å². The molecular formula is C14H20N4OS. The molecular weight excluding hydrogens is 272 g/mol. The molecule has 0 saturated carbocycles. The molecule has 1 unspecified atom stereocenters. The second-order valence-corrected chi connectivity index (χ2v) is 5.53. The molecule has 0 spiro atoms. The molecule has 0 aliphatic rings. The highest BCUT2D eigenvalue weighted by Gasteiger charge is 2.13. The van der Waals surface area contributed by atoms with Crippen LogP contribution < -0.4 is 5.73 Å². The number of hydrogen-bond donors (Lipinski definition) is 2. The first-order valence-corrected chi connectivity index (χ1v) is 7.70. The van der Waals surface area contributed by atoms with Crippen molar-refractivity contribution in [3.8, 4) is 0 Å². The molecule has 2 aromatic rings. The summed E-state index contributed by atoms with van der Waals surface area (Å²) in [6, 6.07) is 10.1. The van der Waals surface area contributed by atoms with Crippen molar-refractivity contribution in [2.24, 2.45) is 5.73 Å². The van der Waals surface area contributed by atoms with Crippen LogP contribution >= 0.6 is 11.8 Å². The first-order chi connectivity index (χ1) is 9.74. The average molecular weight is 292 g/mol. The number of benzene rings is 1. The number of rotatable bonds is 7. The third kappa shape index (κ3) is 3.82. The molecule has 0 radical (unpaired) electrons. The van der Waals surface area contributed by atoms with E-state index in [9.17, 15) is 5.11 Å². The van der Waals surface area contributed by atoms with E-state index in [1.165, 1.54) is 17.3 Å². The van der Waals surface area contributed by atoms with E-state index in [1.807, 2.05) is 29.7 Å². The molecule has 0 fully saturated rings. The second-order valence-electron chi connectivity index (χ2n) is 4.55. The zero-order valence-electron chi connectivity index (χ0n) is 11.6. The van der Waals surface area contributed by atoms with Gasteiger partial charge < -0.3 is 15.4 Å². The van der Waals surface area contributed by atoms with Gasteiger partial charge in [0.2, 0.25) is 0 Å². The van der Waals surface area contributed by atoms with Crippen LogP contribution in [0.3, 0.4) is 0 Å². The quantitative estimate of drug-likeness (QED) is 0.759. The van der Waals surface area contributed by atoms with Crippen molar-refractivity contribution >= 4 is 11.8 Å². The van der Waals surface area contributed by atoms with E-state index in [1.54, 1.807) is 0 Å². The number of aromatic nitrogens is 3. The van der Waals surface area contributed by atoms with Crippen LogP contribution in [-0.4, -0.2) is 31.7 Å². The normalized spacial score (nSPS) is 12.6. The van der Waals surface area contributed by atoms with Crippen molar-refractivity contribution in [2.75, 3.05) is 5.75 Å². The molecule has 5 nitrogen and oxygen atoms in total. The topological polar surface area (TPSA) is 77.0 Å². The maximum atomic E-state index is 9.66. The van der Waals surface area contributed by atoms with Crippen molar-refractivity contribution in [3.63, 3.8) is 0 Å². The van der Waals surface area contributed by atoms with Gasteiger partial charge in [0.1, 0.15) is 5.82 Å². The third-order valence-electron chi connectivity index (χ3n) is 3.04. The summed E-state index contributed by atoms with van der Waals surface area (Å²) in [5.74, 6) is 1.39. The Morgan fingerprint density at radius 3 is 2.70 bits per heavy atom. The zero-order valence-corrected chi connectivity index (χ0v) is 12.4. The lowest BCUT2D eigenvalue weighted by atomic mass is 10.2. The molecule has 1 aromatic carbocycles. The van der Waals surface area contributed by atoms with Gasteiger partial charge in [-0.2, -0.15) is 0 Å². The first-order valence-electron chi connectivity index (χ1n) is 6.71. The lowest BCUT2D eigenvalue weighted by molar-refractivity contribution is 0.195. The molecule has 0 aliphatic carbocycles. The monoisotopic (exact) mass is 292 g/mol. The van der Waals surface area contributed by atoms with E-state index >= 15 is 0 Å². The van der Waals surface area contributed by atoms with E-state index in [2.05, 4.69) is 22.3 Å². The fraction of sp³-hybridized carbons (Fsp3) is 0.429. The summed E-state index contributed by atoms with van der Waals surface area (Å²) in [4.78, 5) is 0. The van der Waals surface area contributed by atoms with Crippen LogP contribution in [0.1, 0.15) is 24.7 Å². The Morgan fingerprint density at radius 2 is 2.05 bits per heavy atom. The summed E-state index contributed by atoms with van der Waals surface area (Å²) in [5, 5.41) is 18.8. The van der Waals surface area contributed by atoms with Gasteiger partial charge in [-0.05, 0) is 12.0 Å². The molecule has 1 atom stereocenters. The van der Waals surface area contributed by atoms with Crippen molar-refractivity contribution in [1.29, 1.82) is 0 Å². The van der Waals surface area contributed by atoms with E-state index in [-0.39, 0.29) is 6.10 Å². The minimum atomic E-state index is -0.316. The highest BCUT2D eigenvalue weighted by Crippen LogP contribution is 2.20. The lowest BCUT2D eigenvalue weighted by Gasteiger charge is -2.10. The first kappa shape index (κ1) is 15.0. The average Bonchev–Trinajstić information content (AvgIpc) is 2.87. The Kier molecular flexibility index (Phi) is 5.58. The lowest BCUT2D eigenvalue weighted by Crippen LogP contribution is -2.12. The summed E-state index contributed by atoms with van der Waals surface area (Å²) in [7, 11) is 0. The van der Waals surface area contributed by atoms with Gasteiger partial charge in [-0.1, -0.05) is 49.0 Å². The van der Waals surface area contributed by atoms with Crippen LogP contribution in [0.15, 0.2) is 35.5 Å². The van der Waals surface area contributed by atoms with Gasteiger partial charge in [0.25, 0.3) is 0 Å². The number of aliphatic hydroxyl groups is 1. The zero-order chi connectivity index (χ0) is 14.4. The maximum absolute atomic E-state index is 9.66. The minimum Gasteiger partial charge on any atom is -0.392 e. The molecule has 0 amide bonds. The largest absolute Gasteiger partial charge is 0.392 e. The number of thioether (sulfide) groups is 1. The van der Waals surface area contributed by atoms with Crippen LogP contribution in [0.4, 0.5) is 0 Å². The van der Waals surface area contributed by atoms with Gasteiger partial charge in [0.15, 0.2) is 5.16 Å². The molecule has 20 heavy (non-hydrogen) atoms.